The maximum atomic E-state index is 13.3. The Balaban J connectivity index is 1.65. The summed E-state index contributed by atoms with van der Waals surface area (Å²) in [6.07, 6.45) is -2.43. The molecule has 2 fully saturated rings. The Morgan fingerprint density at radius 2 is 1.76 bits per heavy atom. The third kappa shape index (κ3) is 3.10. The molecule has 1 saturated heterocycles. The summed E-state index contributed by atoms with van der Waals surface area (Å²) in [7, 11) is 0. The Morgan fingerprint density at radius 1 is 1.00 bits per heavy atom. The molecular weight excluding hydrogens is 383 g/mol. The first-order valence-electron chi connectivity index (χ1n) is 9.49. The lowest BCUT2D eigenvalue weighted by Crippen LogP contribution is -2.39. The van der Waals surface area contributed by atoms with Crippen molar-refractivity contribution in [3.05, 3.63) is 53.9 Å². The number of fused-ring (bicyclic) bond motifs is 2. The van der Waals surface area contributed by atoms with E-state index in [0.29, 0.717) is 17.6 Å². The van der Waals surface area contributed by atoms with Crippen LogP contribution in [0.4, 0.5) is 18.0 Å². The number of nitrogens with one attached hydrogen (secondary N) is 2. The molecular formula is C20H18F3N5O. The molecule has 9 heteroatoms. The van der Waals surface area contributed by atoms with Crippen LogP contribution in [-0.2, 0) is 6.18 Å². The van der Waals surface area contributed by atoms with Crippen LogP contribution < -0.4 is 10.6 Å². The summed E-state index contributed by atoms with van der Waals surface area (Å²) in [5.41, 5.74) is 1.20. The lowest BCUT2D eigenvalue weighted by molar-refractivity contribution is -0.140. The van der Waals surface area contributed by atoms with Crippen LogP contribution in [-0.4, -0.2) is 32.9 Å². The van der Waals surface area contributed by atoms with Gasteiger partial charge in [-0.25, -0.2) is 14.5 Å². The van der Waals surface area contributed by atoms with Gasteiger partial charge in [-0.15, -0.1) is 0 Å². The third-order valence-corrected chi connectivity index (χ3v) is 5.71. The molecule has 2 N–H and O–H groups in total. The Hall–Kier alpha value is -3.10. The van der Waals surface area contributed by atoms with Crippen LogP contribution in [0, 0.1) is 0 Å². The number of hydrogen-bond donors (Lipinski definition) is 2. The fourth-order valence-electron chi connectivity index (χ4n) is 4.40. The first-order chi connectivity index (χ1) is 13.9. The predicted molar refractivity (Wildman–Crippen MR) is 99.7 cm³/mol. The molecule has 2 aromatic heterocycles. The first-order valence-corrected chi connectivity index (χ1v) is 9.49. The summed E-state index contributed by atoms with van der Waals surface area (Å²) in [5, 5.41) is 10.4. The van der Waals surface area contributed by atoms with Crippen molar-refractivity contribution in [2.45, 2.75) is 43.4 Å². The highest BCUT2D eigenvalue weighted by molar-refractivity contribution is 5.80. The van der Waals surface area contributed by atoms with Crippen molar-refractivity contribution in [1.29, 1.82) is 0 Å². The van der Waals surface area contributed by atoms with Crippen molar-refractivity contribution < 1.29 is 18.0 Å². The minimum absolute atomic E-state index is 0.0526. The van der Waals surface area contributed by atoms with E-state index in [9.17, 15) is 18.0 Å². The van der Waals surface area contributed by atoms with Gasteiger partial charge in [0.1, 0.15) is 16.7 Å². The number of hydrogen-bond acceptors (Lipinski definition) is 3. The van der Waals surface area contributed by atoms with E-state index in [2.05, 4.69) is 20.7 Å². The van der Waals surface area contributed by atoms with E-state index in [1.807, 2.05) is 30.3 Å². The molecule has 1 aliphatic carbocycles. The van der Waals surface area contributed by atoms with Crippen LogP contribution in [0.25, 0.3) is 16.7 Å². The predicted octanol–water partition coefficient (Wildman–Crippen LogP) is 3.76. The van der Waals surface area contributed by atoms with Gasteiger partial charge in [-0.1, -0.05) is 18.2 Å². The SMILES string of the molecule is O=C1NC2CCC(c3c4nc(C(F)(F)F)ccc4nn3-c3ccccc3)CC2N1. The normalized spacial score (nSPS) is 24.2. The van der Waals surface area contributed by atoms with Crippen molar-refractivity contribution in [3.8, 4) is 5.69 Å². The number of aromatic nitrogens is 3. The molecule has 3 unspecified atom stereocenters. The Labute approximate surface area is 164 Å². The average molecular weight is 401 g/mol. The molecule has 0 spiro atoms. The van der Waals surface area contributed by atoms with Crippen molar-refractivity contribution in [1.82, 2.24) is 25.4 Å². The van der Waals surface area contributed by atoms with Gasteiger partial charge < -0.3 is 10.6 Å². The number of benzene rings is 1. The average Bonchev–Trinajstić information content (AvgIpc) is 3.26. The quantitative estimate of drug-likeness (QED) is 0.687. The largest absolute Gasteiger partial charge is 0.433 e. The molecule has 3 heterocycles. The highest BCUT2D eigenvalue weighted by atomic mass is 19.4. The standard InChI is InChI=1S/C20H18F3N5O/c21-20(22,23)16-9-8-14-17(26-16)18(28(27-14)12-4-2-1-3-5-12)11-6-7-13-15(10-11)25-19(29)24-13/h1-5,8-9,11,13,15H,6-7,10H2,(H2,24,25,29). The summed E-state index contributed by atoms with van der Waals surface area (Å²) in [5.74, 6) is -0.0716. The van der Waals surface area contributed by atoms with Gasteiger partial charge in [-0.2, -0.15) is 18.3 Å². The van der Waals surface area contributed by atoms with E-state index < -0.39 is 11.9 Å². The molecule has 2 amide bonds. The monoisotopic (exact) mass is 401 g/mol. The van der Waals surface area contributed by atoms with Gasteiger partial charge in [-0.3, -0.25) is 0 Å². The van der Waals surface area contributed by atoms with Crippen LogP contribution in [0.15, 0.2) is 42.5 Å². The van der Waals surface area contributed by atoms with Crippen molar-refractivity contribution in [2.24, 2.45) is 0 Å². The van der Waals surface area contributed by atoms with Crippen LogP contribution in [0.3, 0.4) is 0 Å². The van der Waals surface area contributed by atoms with Crippen LogP contribution >= 0.6 is 0 Å². The van der Waals surface area contributed by atoms with E-state index in [1.165, 1.54) is 6.07 Å². The van der Waals surface area contributed by atoms with E-state index in [0.717, 1.165) is 24.6 Å². The molecule has 29 heavy (non-hydrogen) atoms. The van der Waals surface area contributed by atoms with Gasteiger partial charge in [0.2, 0.25) is 0 Å². The molecule has 5 rings (SSSR count). The van der Waals surface area contributed by atoms with Crippen LogP contribution in [0.5, 0.6) is 0 Å². The smallest absolute Gasteiger partial charge is 0.333 e. The minimum Gasteiger partial charge on any atom is -0.333 e. The lowest BCUT2D eigenvalue weighted by Gasteiger charge is -2.31. The molecule has 2 aliphatic rings. The number of pyridine rings is 1. The number of urea groups is 1. The second-order valence-electron chi connectivity index (χ2n) is 7.54. The molecule has 150 valence electrons. The molecule has 1 aromatic carbocycles. The highest BCUT2D eigenvalue weighted by Gasteiger charge is 2.40. The maximum Gasteiger partial charge on any atom is 0.433 e. The zero-order valence-corrected chi connectivity index (χ0v) is 15.3. The second kappa shape index (κ2) is 6.47. The highest BCUT2D eigenvalue weighted by Crippen LogP contribution is 2.39. The van der Waals surface area contributed by atoms with E-state index in [1.54, 1.807) is 4.68 Å². The van der Waals surface area contributed by atoms with Gasteiger partial charge >= 0.3 is 12.2 Å². The number of alkyl halides is 3. The van der Waals surface area contributed by atoms with E-state index in [4.69, 9.17) is 0 Å². The molecule has 1 saturated carbocycles. The van der Waals surface area contributed by atoms with Gasteiger partial charge in [-0.05, 0) is 43.5 Å². The van der Waals surface area contributed by atoms with Crippen LogP contribution in [0.2, 0.25) is 0 Å². The van der Waals surface area contributed by atoms with Gasteiger partial charge in [0.25, 0.3) is 0 Å². The van der Waals surface area contributed by atoms with E-state index >= 15 is 0 Å². The topological polar surface area (TPSA) is 71.8 Å². The number of nitrogens with zero attached hydrogens (tertiary/aromatic N) is 3. The van der Waals surface area contributed by atoms with Gasteiger partial charge in [0, 0.05) is 5.92 Å². The van der Waals surface area contributed by atoms with E-state index in [-0.39, 0.29) is 29.5 Å². The number of para-hydroxylation sites is 1. The lowest BCUT2D eigenvalue weighted by atomic mass is 9.81. The fourth-order valence-corrected chi connectivity index (χ4v) is 4.40. The van der Waals surface area contributed by atoms with Gasteiger partial charge in [0.15, 0.2) is 0 Å². The maximum absolute atomic E-state index is 13.3. The molecule has 0 bridgehead atoms. The third-order valence-electron chi connectivity index (χ3n) is 5.71. The number of amides is 2. The molecule has 6 nitrogen and oxygen atoms in total. The second-order valence-corrected chi connectivity index (χ2v) is 7.54. The summed E-state index contributed by atoms with van der Waals surface area (Å²) in [4.78, 5) is 15.6. The van der Waals surface area contributed by atoms with Crippen molar-refractivity contribution in [3.63, 3.8) is 0 Å². The van der Waals surface area contributed by atoms with Crippen molar-refractivity contribution in [2.75, 3.05) is 0 Å². The summed E-state index contributed by atoms with van der Waals surface area (Å²) < 4.78 is 41.6. The Kier molecular flexibility index (Phi) is 4.01. The number of carbonyl (C=O) groups is 1. The fraction of sp³-hybridized carbons (Fsp3) is 0.350. The Bertz CT molecular complexity index is 1080. The molecule has 0 radical (unpaired) electrons. The first kappa shape index (κ1) is 18.0. The number of carbonyl (C=O) groups excluding carboxylic acids is 1. The van der Waals surface area contributed by atoms with Gasteiger partial charge in [0.05, 0.1) is 23.5 Å². The zero-order valence-electron chi connectivity index (χ0n) is 15.3. The number of halogens is 3. The molecule has 3 aromatic rings. The van der Waals surface area contributed by atoms with Crippen LogP contribution in [0.1, 0.15) is 36.6 Å². The molecule has 1 aliphatic heterocycles. The molecule has 3 atom stereocenters. The summed E-state index contributed by atoms with van der Waals surface area (Å²) in [6.45, 7) is 0. The summed E-state index contributed by atoms with van der Waals surface area (Å²) in [6, 6.07) is 11.5. The van der Waals surface area contributed by atoms with Crippen molar-refractivity contribution >= 4 is 17.1 Å². The Morgan fingerprint density at radius 3 is 2.52 bits per heavy atom. The summed E-state index contributed by atoms with van der Waals surface area (Å²) >= 11 is 0. The number of rotatable bonds is 2. The minimum atomic E-state index is -4.53. The zero-order chi connectivity index (χ0) is 20.2.